The fourth-order valence-corrected chi connectivity index (χ4v) is 4.18. The summed E-state index contributed by atoms with van der Waals surface area (Å²) in [6.07, 6.45) is 2.39. The van der Waals surface area contributed by atoms with E-state index in [4.69, 9.17) is 4.74 Å². The maximum Gasteiger partial charge on any atom is 0.153 e. The Morgan fingerprint density at radius 3 is 3.06 bits per heavy atom. The number of fused-ring (bicyclic) bond motifs is 1. The molecule has 3 rings (SSSR count). The van der Waals surface area contributed by atoms with E-state index in [0.29, 0.717) is 12.2 Å². The molecule has 0 bridgehead atoms. The molecule has 0 spiro atoms. The minimum Gasteiger partial charge on any atom is -0.489 e. The van der Waals surface area contributed by atoms with Gasteiger partial charge in [-0.25, -0.2) is 8.42 Å². The van der Waals surface area contributed by atoms with E-state index in [1.807, 2.05) is 12.1 Å². The average molecular weight is 267 g/mol. The predicted molar refractivity (Wildman–Crippen MR) is 70.9 cm³/mol. The molecule has 5 heteroatoms. The van der Waals surface area contributed by atoms with Gasteiger partial charge in [-0.05, 0) is 30.9 Å². The van der Waals surface area contributed by atoms with Gasteiger partial charge in [0.1, 0.15) is 11.9 Å². The molecule has 0 saturated carbocycles. The number of sulfone groups is 1. The van der Waals surface area contributed by atoms with Crippen LogP contribution in [0.2, 0.25) is 0 Å². The summed E-state index contributed by atoms with van der Waals surface area (Å²) in [6, 6.07) is 5.97. The third kappa shape index (κ3) is 2.46. The van der Waals surface area contributed by atoms with E-state index >= 15 is 0 Å². The lowest BCUT2D eigenvalue weighted by atomic mass is 10.1. The van der Waals surface area contributed by atoms with Crippen LogP contribution in [-0.4, -0.2) is 32.6 Å². The van der Waals surface area contributed by atoms with Crippen molar-refractivity contribution in [1.29, 1.82) is 0 Å². The highest BCUT2D eigenvalue weighted by Gasteiger charge is 2.26. The molecule has 0 radical (unpaired) electrons. The number of anilines is 1. The van der Waals surface area contributed by atoms with Crippen molar-refractivity contribution in [2.75, 3.05) is 23.4 Å². The van der Waals surface area contributed by atoms with E-state index in [0.717, 1.165) is 30.8 Å². The van der Waals surface area contributed by atoms with E-state index in [1.165, 1.54) is 5.56 Å². The van der Waals surface area contributed by atoms with Crippen LogP contribution in [0.4, 0.5) is 5.69 Å². The van der Waals surface area contributed by atoms with Crippen LogP contribution in [0.15, 0.2) is 18.2 Å². The van der Waals surface area contributed by atoms with Gasteiger partial charge in [0.25, 0.3) is 0 Å². The Bertz CT molecular complexity index is 553. The summed E-state index contributed by atoms with van der Waals surface area (Å²) < 4.78 is 28.9. The van der Waals surface area contributed by atoms with E-state index in [1.54, 1.807) is 0 Å². The molecular weight excluding hydrogens is 250 g/mol. The van der Waals surface area contributed by atoms with Gasteiger partial charge >= 0.3 is 0 Å². The molecule has 1 aromatic rings. The zero-order valence-electron chi connectivity index (χ0n) is 10.2. The van der Waals surface area contributed by atoms with Crippen LogP contribution in [0.3, 0.4) is 0 Å². The molecule has 0 aromatic heterocycles. The molecule has 98 valence electrons. The van der Waals surface area contributed by atoms with Gasteiger partial charge in [0.15, 0.2) is 9.84 Å². The van der Waals surface area contributed by atoms with E-state index < -0.39 is 9.84 Å². The van der Waals surface area contributed by atoms with Crippen LogP contribution in [0.1, 0.15) is 18.4 Å². The molecule has 1 aromatic carbocycles. The van der Waals surface area contributed by atoms with Gasteiger partial charge in [-0.2, -0.15) is 0 Å². The van der Waals surface area contributed by atoms with E-state index in [9.17, 15) is 8.42 Å². The van der Waals surface area contributed by atoms with Crippen molar-refractivity contribution in [1.82, 2.24) is 0 Å². The Morgan fingerprint density at radius 1 is 1.33 bits per heavy atom. The first-order valence-electron chi connectivity index (χ1n) is 6.36. The summed E-state index contributed by atoms with van der Waals surface area (Å²) in [4.78, 5) is 0. The molecule has 1 fully saturated rings. The SMILES string of the molecule is O=S1(=O)CCCC(Oc2ccc3c(c2)NCC3)C1. The molecule has 1 N–H and O–H groups in total. The van der Waals surface area contributed by atoms with Crippen LogP contribution in [0, 0.1) is 0 Å². The van der Waals surface area contributed by atoms with Crippen LogP contribution < -0.4 is 10.1 Å². The third-order valence-electron chi connectivity index (χ3n) is 3.52. The van der Waals surface area contributed by atoms with Gasteiger partial charge in [-0.1, -0.05) is 6.07 Å². The van der Waals surface area contributed by atoms with Gasteiger partial charge in [0.05, 0.1) is 11.5 Å². The lowest BCUT2D eigenvalue weighted by Crippen LogP contribution is -2.33. The highest BCUT2D eigenvalue weighted by Crippen LogP contribution is 2.28. The quantitative estimate of drug-likeness (QED) is 0.884. The topological polar surface area (TPSA) is 55.4 Å². The minimum absolute atomic E-state index is 0.150. The van der Waals surface area contributed by atoms with Crippen molar-refractivity contribution in [3.8, 4) is 5.75 Å². The highest BCUT2D eigenvalue weighted by molar-refractivity contribution is 7.91. The first-order chi connectivity index (χ1) is 8.62. The fraction of sp³-hybridized carbons (Fsp3) is 0.538. The Hall–Kier alpha value is -1.23. The summed E-state index contributed by atoms with van der Waals surface area (Å²) in [5, 5.41) is 3.30. The monoisotopic (exact) mass is 267 g/mol. The van der Waals surface area contributed by atoms with Crippen molar-refractivity contribution >= 4 is 15.5 Å². The molecule has 2 aliphatic heterocycles. The molecular formula is C13H17NO3S. The second-order valence-electron chi connectivity index (χ2n) is 4.99. The maximum atomic E-state index is 11.5. The third-order valence-corrected chi connectivity index (χ3v) is 5.31. The van der Waals surface area contributed by atoms with Gasteiger partial charge in [-0.15, -0.1) is 0 Å². The Balaban J connectivity index is 1.73. The lowest BCUT2D eigenvalue weighted by Gasteiger charge is -2.23. The fourth-order valence-electron chi connectivity index (χ4n) is 2.61. The highest BCUT2D eigenvalue weighted by atomic mass is 32.2. The first kappa shape index (κ1) is 11.8. The Labute approximate surface area is 107 Å². The zero-order chi connectivity index (χ0) is 12.6. The number of hydrogen-bond donors (Lipinski definition) is 1. The lowest BCUT2D eigenvalue weighted by molar-refractivity contribution is 0.207. The van der Waals surface area contributed by atoms with Crippen LogP contribution in [0.25, 0.3) is 0 Å². The normalized spacial score (nSPS) is 25.2. The molecule has 2 aliphatic rings. The zero-order valence-corrected chi connectivity index (χ0v) is 11.0. The Morgan fingerprint density at radius 2 is 2.22 bits per heavy atom. The van der Waals surface area contributed by atoms with Crippen molar-refractivity contribution in [3.63, 3.8) is 0 Å². The van der Waals surface area contributed by atoms with Crippen LogP contribution in [-0.2, 0) is 16.3 Å². The molecule has 1 unspecified atom stereocenters. The summed E-state index contributed by atoms with van der Waals surface area (Å²) in [7, 11) is -2.90. The second kappa shape index (κ2) is 4.46. The van der Waals surface area contributed by atoms with Gasteiger partial charge < -0.3 is 10.1 Å². The smallest absolute Gasteiger partial charge is 0.153 e. The summed E-state index contributed by atoms with van der Waals surface area (Å²) in [5.41, 5.74) is 2.42. The van der Waals surface area contributed by atoms with Gasteiger partial charge in [-0.3, -0.25) is 0 Å². The molecule has 4 nitrogen and oxygen atoms in total. The van der Waals surface area contributed by atoms with E-state index in [2.05, 4.69) is 11.4 Å². The summed E-state index contributed by atoms with van der Waals surface area (Å²) in [6.45, 7) is 0.969. The van der Waals surface area contributed by atoms with Gasteiger partial charge in [0, 0.05) is 18.3 Å². The number of rotatable bonds is 2. The second-order valence-corrected chi connectivity index (χ2v) is 7.22. The molecule has 18 heavy (non-hydrogen) atoms. The van der Waals surface area contributed by atoms with Crippen molar-refractivity contribution < 1.29 is 13.2 Å². The van der Waals surface area contributed by atoms with Crippen molar-refractivity contribution in [2.45, 2.75) is 25.4 Å². The molecule has 1 atom stereocenters. The van der Waals surface area contributed by atoms with E-state index in [-0.39, 0.29) is 11.9 Å². The van der Waals surface area contributed by atoms with Crippen LogP contribution in [0.5, 0.6) is 5.75 Å². The summed E-state index contributed by atoms with van der Waals surface area (Å²) >= 11 is 0. The van der Waals surface area contributed by atoms with Crippen LogP contribution >= 0.6 is 0 Å². The number of hydrogen-bond acceptors (Lipinski definition) is 4. The predicted octanol–water partition coefficient (Wildman–Crippen LogP) is 1.61. The first-order valence-corrected chi connectivity index (χ1v) is 8.18. The number of ether oxygens (including phenoxy) is 1. The average Bonchev–Trinajstić information content (AvgIpc) is 2.74. The van der Waals surface area contributed by atoms with Gasteiger partial charge in [0.2, 0.25) is 0 Å². The summed E-state index contributed by atoms with van der Waals surface area (Å²) in [5.74, 6) is 1.22. The number of benzene rings is 1. The van der Waals surface area contributed by atoms with Crippen molar-refractivity contribution in [2.24, 2.45) is 0 Å². The maximum absolute atomic E-state index is 11.5. The van der Waals surface area contributed by atoms with Crippen molar-refractivity contribution in [3.05, 3.63) is 23.8 Å². The standard InChI is InChI=1S/C13H17NO3S/c15-18(16)7-1-2-12(9-18)17-11-4-3-10-5-6-14-13(10)8-11/h3-4,8,12,14H,1-2,5-7,9H2. The number of nitrogens with one attached hydrogen (secondary N) is 1. The molecule has 1 saturated heterocycles. The Kier molecular flexibility index (Phi) is 2.93. The largest absolute Gasteiger partial charge is 0.489 e. The molecule has 0 aliphatic carbocycles. The molecule has 2 heterocycles. The molecule has 0 amide bonds. The minimum atomic E-state index is -2.90.